The van der Waals surface area contributed by atoms with Gasteiger partial charge in [-0.2, -0.15) is 4.99 Å². The van der Waals surface area contributed by atoms with Crippen LogP contribution in [0.25, 0.3) is 0 Å². The molecule has 0 heterocycles. The van der Waals surface area contributed by atoms with Crippen LogP contribution in [-0.2, 0) is 10.3 Å². The van der Waals surface area contributed by atoms with Crippen molar-refractivity contribution < 1.29 is 13.9 Å². The van der Waals surface area contributed by atoms with Crippen LogP contribution in [0.4, 0.5) is 4.39 Å². The van der Waals surface area contributed by atoms with Gasteiger partial charge in [0, 0.05) is 0 Å². The minimum Gasteiger partial charge on any atom is -0.494 e. The van der Waals surface area contributed by atoms with Gasteiger partial charge in [0.15, 0.2) is 11.6 Å². The Kier molecular flexibility index (Phi) is 3.78. The minimum atomic E-state index is -0.590. The Labute approximate surface area is 106 Å². The summed E-state index contributed by atoms with van der Waals surface area (Å²) in [5.74, 6) is -0.208. The maximum atomic E-state index is 13.8. The van der Waals surface area contributed by atoms with Gasteiger partial charge in [-0.15, -0.1) is 0 Å². The smallest absolute Gasteiger partial charge is 0.235 e. The molecule has 3 nitrogen and oxygen atoms in total. The highest BCUT2D eigenvalue weighted by molar-refractivity contribution is 5.40. The normalized spacial score (nSPS) is 17.9. The van der Waals surface area contributed by atoms with Crippen LogP contribution in [-0.4, -0.2) is 13.2 Å². The molecule has 4 heteroatoms. The molecular formula is C14H16FNO2. The van der Waals surface area contributed by atoms with Gasteiger partial charge in [-0.1, -0.05) is 25.3 Å². The zero-order valence-corrected chi connectivity index (χ0v) is 10.4. The molecule has 0 radical (unpaired) electrons. The summed E-state index contributed by atoms with van der Waals surface area (Å²) in [6.07, 6.45) is 6.32. The molecule has 0 spiro atoms. The molecule has 1 saturated carbocycles. The van der Waals surface area contributed by atoms with E-state index >= 15 is 0 Å². The third kappa shape index (κ3) is 2.29. The van der Waals surface area contributed by atoms with E-state index < -0.39 is 11.4 Å². The lowest BCUT2D eigenvalue weighted by Gasteiger charge is -2.32. The fraction of sp³-hybridized carbons (Fsp3) is 0.500. The molecule has 1 aliphatic carbocycles. The fourth-order valence-electron chi connectivity index (χ4n) is 2.64. The number of carbonyl (C=O) groups excluding carboxylic acids is 1. The number of rotatable bonds is 3. The number of aliphatic imine (C=N–C) groups is 1. The average Bonchev–Trinajstić information content (AvgIpc) is 2.40. The molecule has 0 aromatic heterocycles. The van der Waals surface area contributed by atoms with Crippen LogP contribution in [0.5, 0.6) is 5.75 Å². The number of hydrogen-bond donors (Lipinski definition) is 0. The first-order chi connectivity index (χ1) is 8.72. The molecule has 0 saturated heterocycles. The van der Waals surface area contributed by atoms with Gasteiger partial charge in [-0.3, -0.25) is 0 Å². The van der Waals surface area contributed by atoms with Gasteiger partial charge >= 0.3 is 0 Å². The highest BCUT2D eigenvalue weighted by Gasteiger charge is 2.34. The number of hydrogen-bond acceptors (Lipinski definition) is 3. The maximum Gasteiger partial charge on any atom is 0.235 e. The Morgan fingerprint density at radius 3 is 2.61 bits per heavy atom. The molecule has 1 aromatic carbocycles. The van der Waals surface area contributed by atoms with Crippen molar-refractivity contribution in [1.82, 2.24) is 0 Å². The summed E-state index contributed by atoms with van der Waals surface area (Å²) in [6.45, 7) is 0. The van der Waals surface area contributed by atoms with Crippen LogP contribution in [0.15, 0.2) is 23.2 Å². The largest absolute Gasteiger partial charge is 0.494 e. The lowest BCUT2D eigenvalue weighted by atomic mass is 9.77. The summed E-state index contributed by atoms with van der Waals surface area (Å²) >= 11 is 0. The van der Waals surface area contributed by atoms with Crippen molar-refractivity contribution in [3.05, 3.63) is 29.6 Å². The molecule has 1 aliphatic rings. The molecular weight excluding hydrogens is 233 g/mol. The van der Waals surface area contributed by atoms with Crippen LogP contribution in [0, 0.1) is 5.82 Å². The molecule has 18 heavy (non-hydrogen) atoms. The van der Waals surface area contributed by atoms with E-state index in [-0.39, 0.29) is 5.75 Å². The highest BCUT2D eigenvalue weighted by Crippen LogP contribution is 2.41. The van der Waals surface area contributed by atoms with Crippen molar-refractivity contribution in [2.75, 3.05) is 7.11 Å². The summed E-state index contributed by atoms with van der Waals surface area (Å²) < 4.78 is 18.6. The number of methoxy groups -OCH3 is 1. The molecule has 0 unspecified atom stereocenters. The summed E-state index contributed by atoms with van der Waals surface area (Å²) in [5.41, 5.74) is 0.150. The Balaban J connectivity index is 2.42. The van der Waals surface area contributed by atoms with Gasteiger partial charge in [-0.05, 0) is 30.5 Å². The van der Waals surface area contributed by atoms with E-state index in [0.717, 1.165) is 37.7 Å². The van der Waals surface area contributed by atoms with Gasteiger partial charge in [-0.25, -0.2) is 9.18 Å². The Morgan fingerprint density at radius 1 is 1.33 bits per heavy atom. The predicted molar refractivity (Wildman–Crippen MR) is 65.8 cm³/mol. The summed E-state index contributed by atoms with van der Waals surface area (Å²) in [6, 6.07) is 4.79. The van der Waals surface area contributed by atoms with E-state index in [1.165, 1.54) is 13.2 Å². The molecule has 0 amide bonds. The van der Waals surface area contributed by atoms with Crippen LogP contribution in [0.3, 0.4) is 0 Å². The Hall–Kier alpha value is -1.67. The second-order valence-corrected chi connectivity index (χ2v) is 4.64. The molecule has 0 aliphatic heterocycles. The van der Waals surface area contributed by atoms with Crippen molar-refractivity contribution in [3.8, 4) is 5.75 Å². The second-order valence-electron chi connectivity index (χ2n) is 4.64. The third-order valence-electron chi connectivity index (χ3n) is 3.63. The fourth-order valence-corrected chi connectivity index (χ4v) is 2.64. The first-order valence-corrected chi connectivity index (χ1v) is 6.15. The van der Waals surface area contributed by atoms with Crippen molar-refractivity contribution in [3.63, 3.8) is 0 Å². The second kappa shape index (κ2) is 5.32. The molecule has 0 atom stereocenters. The Morgan fingerprint density at radius 2 is 2.06 bits per heavy atom. The quantitative estimate of drug-likeness (QED) is 0.608. The number of ether oxygens (including phenoxy) is 1. The zero-order valence-electron chi connectivity index (χ0n) is 10.4. The summed E-state index contributed by atoms with van der Waals surface area (Å²) in [4.78, 5) is 14.6. The van der Waals surface area contributed by atoms with Gasteiger partial charge in [0.1, 0.15) is 0 Å². The van der Waals surface area contributed by atoms with Crippen molar-refractivity contribution >= 4 is 6.08 Å². The first kappa shape index (κ1) is 12.8. The van der Waals surface area contributed by atoms with Crippen LogP contribution in [0.1, 0.15) is 37.7 Å². The number of isocyanates is 1. The zero-order chi connectivity index (χ0) is 13.0. The van der Waals surface area contributed by atoms with Crippen molar-refractivity contribution in [2.24, 2.45) is 4.99 Å². The maximum absolute atomic E-state index is 13.8. The third-order valence-corrected chi connectivity index (χ3v) is 3.63. The summed E-state index contributed by atoms with van der Waals surface area (Å²) in [5, 5.41) is 0. The first-order valence-electron chi connectivity index (χ1n) is 6.15. The summed E-state index contributed by atoms with van der Waals surface area (Å²) in [7, 11) is 1.43. The molecule has 96 valence electrons. The van der Waals surface area contributed by atoms with Gasteiger partial charge in [0.05, 0.1) is 12.6 Å². The average molecular weight is 249 g/mol. The number of benzene rings is 1. The van der Waals surface area contributed by atoms with Crippen molar-refractivity contribution in [1.29, 1.82) is 0 Å². The minimum absolute atomic E-state index is 0.208. The van der Waals surface area contributed by atoms with E-state index in [2.05, 4.69) is 4.99 Å². The molecule has 1 aromatic rings. The van der Waals surface area contributed by atoms with Gasteiger partial charge in [0.2, 0.25) is 6.08 Å². The van der Waals surface area contributed by atoms with Gasteiger partial charge < -0.3 is 4.74 Å². The molecule has 2 rings (SSSR count). The van der Waals surface area contributed by atoms with E-state index in [1.54, 1.807) is 18.2 Å². The predicted octanol–water partition coefficient (Wildman–Crippen LogP) is 3.33. The van der Waals surface area contributed by atoms with E-state index in [1.807, 2.05) is 0 Å². The van der Waals surface area contributed by atoms with Crippen LogP contribution in [0.2, 0.25) is 0 Å². The Bertz CT molecular complexity index is 475. The molecule has 0 N–H and O–H groups in total. The van der Waals surface area contributed by atoms with E-state index in [4.69, 9.17) is 4.74 Å². The van der Waals surface area contributed by atoms with E-state index in [9.17, 15) is 9.18 Å². The SMILES string of the molecule is COc1ccc(C2(N=C=O)CCCCC2)cc1F. The highest BCUT2D eigenvalue weighted by atomic mass is 19.1. The van der Waals surface area contributed by atoms with Crippen LogP contribution >= 0.6 is 0 Å². The van der Waals surface area contributed by atoms with Gasteiger partial charge in [0.25, 0.3) is 0 Å². The topological polar surface area (TPSA) is 38.7 Å². The monoisotopic (exact) mass is 249 g/mol. The van der Waals surface area contributed by atoms with Crippen LogP contribution < -0.4 is 4.74 Å². The van der Waals surface area contributed by atoms with Crippen molar-refractivity contribution in [2.45, 2.75) is 37.6 Å². The number of halogens is 1. The lowest BCUT2D eigenvalue weighted by molar-refractivity contribution is 0.302. The number of nitrogens with zero attached hydrogens (tertiary/aromatic N) is 1. The standard InChI is InChI=1S/C14H16FNO2/c1-18-13-6-5-11(9-12(13)15)14(16-10-17)7-3-2-4-8-14/h5-6,9H,2-4,7-8H2,1H3. The molecule has 1 fully saturated rings. The van der Waals surface area contributed by atoms with E-state index in [0.29, 0.717) is 0 Å². The molecule has 0 bridgehead atoms. The lowest BCUT2D eigenvalue weighted by Crippen LogP contribution is -2.26.